The summed E-state index contributed by atoms with van der Waals surface area (Å²) in [6, 6.07) is 0.545. The Bertz CT molecular complexity index is 473. The predicted octanol–water partition coefficient (Wildman–Crippen LogP) is 1.27. The number of likely N-dealkylation sites (tertiary alicyclic amines) is 1. The van der Waals surface area contributed by atoms with E-state index in [-0.39, 0.29) is 0 Å². The van der Waals surface area contributed by atoms with Crippen LogP contribution in [0.15, 0.2) is 25.0 Å². The van der Waals surface area contributed by atoms with Crippen LogP contribution < -0.4 is 0 Å². The number of hydrogen-bond acceptors (Lipinski definition) is 4. The van der Waals surface area contributed by atoms with E-state index in [0.717, 1.165) is 51.6 Å². The Morgan fingerprint density at radius 3 is 3.00 bits per heavy atom. The van der Waals surface area contributed by atoms with E-state index in [2.05, 4.69) is 33.0 Å². The van der Waals surface area contributed by atoms with Crippen molar-refractivity contribution in [1.82, 2.24) is 19.4 Å². The topological polar surface area (TPSA) is 33.5 Å². The van der Waals surface area contributed by atoms with Gasteiger partial charge in [0.05, 0.1) is 19.3 Å². The molecule has 2 aliphatic rings. The molecule has 0 saturated carbocycles. The van der Waals surface area contributed by atoms with Crippen molar-refractivity contribution in [3.05, 3.63) is 30.9 Å². The largest absolute Gasteiger partial charge is 0.375 e. The van der Waals surface area contributed by atoms with Gasteiger partial charge >= 0.3 is 0 Å². The predicted molar refractivity (Wildman–Crippen MR) is 83.0 cm³/mol. The molecule has 1 aromatic rings. The van der Waals surface area contributed by atoms with Gasteiger partial charge in [-0.15, -0.1) is 6.58 Å². The van der Waals surface area contributed by atoms with Gasteiger partial charge in [0, 0.05) is 51.7 Å². The first-order valence-corrected chi connectivity index (χ1v) is 7.93. The number of morpholine rings is 1. The average Bonchev–Trinajstić information content (AvgIpc) is 2.77. The normalized spacial score (nSPS) is 28.0. The lowest BCUT2D eigenvalue weighted by molar-refractivity contribution is -0.0672. The zero-order valence-corrected chi connectivity index (χ0v) is 12.9. The Kier molecular flexibility index (Phi) is 4.73. The molecule has 0 amide bonds. The first-order chi connectivity index (χ1) is 10.3. The summed E-state index contributed by atoms with van der Waals surface area (Å²) in [6.45, 7) is 9.90. The summed E-state index contributed by atoms with van der Waals surface area (Å²) in [5.74, 6) is 1.14. The van der Waals surface area contributed by atoms with E-state index in [1.807, 2.05) is 18.5 Å². The highest BCUT2D eigenvalue weighted by Gasteiger charge is 2.34. The Morgan fingerprint density at radius 1 is 1.38 bits per heavy atom. The van der Waals surface area contributed by atoms with Crippen LogP contribution in [0.2, 0.25) is 0 Å². The fourth-order valence-electron chi connectivity index (χ4n) is 3.51. The van der Waals surface area contributed by atoms with Crippen molar-refractivity contribution in [3.63, 3.8) is 0 Å². The van der Waals surface area contributed by atoms with Crippen molar-refractivity contribution in [2.45, 2.75) is 31.5 Å². The number of hydrogen-bond donors (Lipinski definition) is 0. The van der Waals surface area contributed by atoms with Crippen LogP contribution in [-0.4, -0.2) is 64.3 Å². The van der Waals surface area contributed by atoms with Crippen LogP contribution >= 0.6 is 0 Å². The third-order valence-corrected chi connectivity index (χ3v) is 4.73. The Balaban J connectivity index is 1.62. The second kappa shape index (κ2) is 6.73. The number of ether oxygens (including phenoxy) is 1. The average molecular weight is 290 g/mol. The maximum atomic E-state index is 6.02. The minimum absolute atomic E-state index is 0.380. The van der Waals surface area contributed by atoms with E-state index in [0.29, 0.717) is 12.1 Å². The standard InChI is InChI=1S/C16H26N4O/c1-3-7-20-11-12-21-15-5-9-19(8-4-14(15)20)13-16-17-6-10-18(16)2/h3,6,10,14-15H,1,4-5,7-9,11-13H2,2H3/t14-,15-/m0/s1. The lowest BCUT2D eigenvalue weighted by Gasteiger charge is -2.39. The Hall–Kier alpha value is -1.17. The second-order valence-corrected chi connectivity index (χ2v) is 6.07. The third-order valence-electron chi connectivity index (χ3n) is 4.73. The van der Waals surface area contributed by atoms with Crippen molar-refractivity contribution in [2.75, 3.05) is 32.8 Å². The molecule has 2 atom stereocenters. The molecule has 0 aromatic carbocycles. The van der Waals surface area contributed by atoms with E-state index in [4.69, 9.17) is 4.74 Å². The van der Waals surface area contributed by atoms with Gasteiger partial charge in [-0.3, -0.25) is 9.80 Å². The molecule has 0 unspecified atom stereocenters. The smallest absolute Gasteiger partial charge is 0.122 e. The molecule has 0 bridgehead atoms. The first kappa shape index (κ1) is 14.8. The molecule has 0 N–H and O–H groups in total. The second-order valence-electron chi connectivity index (χ2n) is 6.07. The molecule has 1 aromatic heterocycles. The highest BCUT2D eigenvalue weighted by Crippen LogP contribution is 2.24. The molecule has 5 nitrogen and oxygen atoms in total. The quantitative estimate of drug-likeness (QED) is 0.782. The molecule has 21 heavy (non-hydrogen) atoms. The summed E-state index contributed by atoms with van der Waals surface area (Å²) in [6.07, 6.45) is 8.57. The number of aryl methyl sites for hydroxylation is 1. The molecule has 0 aliphatic carbocycles. The fourth-order valence-corrected chi connectivity index (χ4v) is 3.51. The molecule has 5 heteroatoms. The van der Waals surface area contributed by atoms with E-state index < -0.39 is 0 Å². The van der Waals surface area contributed by atoms with Gasteiger partial charge in [-0.1, -0.05) is 6.08 Å². The molecule has 3 heterocycles. The lowest BCUT2D eigenvalue weighted by atomic mass is 10.0. The fraction of sp³-hybridized carbons (Fsp3) is 0.688. The van der Waals surface area contributed by atoms with Gasteiger partial charge in [-0.05, 0) is 12.8 Å². The number of rotatable bonds is 4. The van der Waals surface area contributed by atoms with Gasteiger partial charge in [-0.25, -0.2) is 4.98 Å². The number of aromatic nitrogens is 2. The molecule has 116 valence electrons. The summed E-state index contributed by atoms with van der Waals surface area (Å²) in [7, 11) is 2.06. The zero-order valence-electron chi connectivity index (χ0n) is 12.9. The first-order valence-electron chi connectivity index (χ1n) is 7.93. The maximum absolute atomic E-state index is 6.02. The summed E-state index contributed by atoms with van der Waals surface area (Å²) in [5.41, 5.74) is 0. The minimum Gasteiger partial charge on any atom is -0.375 e. The zero-order chi connectivity index (χ0) is 14.7. The molecule has 0 radical (unpaired) electrons. The highest BCUT2D eigenvalue weighted by molar-refractivity contribution is 4.94. The van der Waals surface area contributed by atoms with Gasteiger partial charge in [0.15, 0.2) is 0 Å². The Labute approximate surface area is 127 Å². The monoisotopic (exact) mass is 290 g/mol. The van der Waals surface area contributed by atoms with E-state index in [1.165, 1.54) is 6.42 Å². The van der Waals surface area contributed by atoms with Gasteiger partial charge in [0.25, 0.3) is 0 Å². The van der Waals surface area contributed by atoms with Crippen LogP contribution in [0.1, 0.15) is 18.7 Å². The van der Waals surface area contributed by atoms with E-state index in [1.54, 1.807) is 0 Å². The number of fused-ring (bicyclic) bond motifs is 1. The van der Waals surface area contributed by atoms with Crippen molar-refractivity contribution < 1.29 is 4.74 Å². The summed E-state index contributed by atoms with van der Waals surface area (Å²) in [4.78, 5) is 9.49. The van der Waals surface area contributed by atoms with Crippen LogP contribution in [0.3, 0.4) is 0 Å². The molecular weight excluding hydrogens is 264 g/mol. The van der Waals surface area contributed by atoms with Crippen LogP contribution in [0, 0.1) is 0 Å². The molecule has 2 saturated heterocycles. The highest BCUT2D eigenvalue weighted by atomic mass is 16.5. The third kappa shape index (κ3) is 3.36. The van der Waals surface area contributed by atoms with Gasteiger partial charge in [0.2, 0.25) is 0 Å². The number of imidazole rings is 1. The summed E-state index contributed by atoms with van der Waals surface area (Å²) in [5, 5.41) is 0. The van der Waals surface area contributed by atoms with Crippen LogP contribution in [0.5, 0.6) is 0 Å². The summed E-state index contributed by atoms with van der Waals surface area (Å²) >= 11 is 0. The molecule has 3 rings (SSSR count). The van der Waals surface area contributed by atoms with Gasteiger partial charge in [0.1, 0.15) is 5.82 Å². The molecule has 2 fully saturated rings. The molecular formula is C16H26N4O. The van der Waals surface area contributed by atoms with Crippen LogP contribution in [0.4, 0.5) is 0 Å². The van der Waals surface area contributed by atoms with Crippen LogP contribution in [0.25, 0.3) is 0 Å². The maximum Gasteiger partial charge on any atom is 0.122 e. The van der Waals surface area contributed by atoms with Crippen molar-refractivity contribution in [3.8, 4) is 0 Å². The van der Waals surface area contributed by atoms with Gasteiger partial charge < -0.3 is 9.30 Å². The minimum atomic E-state index is 0.380. The molecule has 2 aliphatic heterocycles. The number of nitrogens with zero attached hydrogens (tertiary/aromatic N) is 4. The van der Waals surface area contributed by atoms with Gasteiger partial charge in [-0.2, -0.15) is 0 Å². The SMILES string of the molecule is C=CCN1CCO[C@H]2CCN(Cc3nccn3C)CC[C@@H]21. The van der Waals surface area contributed by atoms with Crippen molar-refractivity contribution in [2.24, 2.45) is 7.05 Å². The van der Waals surface area contributed by atoms with Crippen molar-refractivity contribution >= 4 is 0 Å². The lowest BCUT2D eigenvalue weighted by Crippen LogP contribution is -2.51. The molecule has 0 spiro atoms. The van der Waals surface area contributed by atoms with E-state index in [9.17, 15) is 0 Å². The van der Waals surface area contributed by atoms with Crippen molar-refractivity contribution in [1.29, 1.82) is 0 Å². The Morgan fingerprint density at radius 2 is 2.24 bits per heavy atom. The summed E-state index contributed by atoms with van der Waals surface area (Å²) < 4.78 is 8.13. The van der Waals surface area contributed by atoms with E-state index >= 15 is 0 Å². The van der Waals surface area contributed by atoms with Crippen LogP contribution in [-0.2, 0) is 18.3 Å².